The van der Waals surface area contributed by atoms with Crippen LogP contribution in [-0.2, 0) is 35.1 Å². The lowest BCUT2D eigenvalue weighted by Crippen LogP contribution is -2.50. The first-order valence-electron chi connectivity index (χ1n) is 20.5. The Balaban J connectivity index is -0.000000173. The van der Waals surface area contributed by atoms with Crippen LogP contribution in [0.4, 0.5) is 0 Å². The molecule has 1 aromatic heterocycles. The highest BCUT2D eigenvalue weighted by Gasteiger charge is 2.51. The molecule has 1 fully saturated rings. The van der Waals surface area contributed by atoms with E-state index in [9.17, 15) is 23.4 Å². The number of methoxy groups -OCH3 is 2. The largest absolute Gasteiger partial charge is 0.497 e. The number of nitrogens with zero attached hydrogens (tertiary/aromatic N) is 2. The molecule has 4 N–H and O–H groups in total. The molecular formula is C44H84N6O8S. The molecule has 1 atom stereocenters. The molecule has 59 heavy (non-hydrogen) atoms. The van der Waals surface area contributed by atoms with Gasteiger partial charge in [-0.25, -0.2) is 13.5 Å². The minimum absolute atomic E-state index is 0.196. The van der Waals surface area contributed by atoms with Crippen molar-refractivity contribution >= 4 is 46.1 Å². The second-order valence-corrected chi connectivity index (χ2v) is 14.4. The zero-order chi connectivity index (χ0) is 47.6. The van der Waals surface area contributed by atoms with E-state index in [-0.39, 0.29) is 25.4 Å². The van der Waals surface area contributed by atoms with Crippen LogP contribution in [0.25, 0.3) is 10.8 Å². The third kappa shape index (κ3) is 37.7. The Morgan fingerprint density at radius 1 is 0.915 bits per heavy atom. The second kappa shape index (κ2) is 43.3. The molecule has 3 rings (SSSR count). The zero-order valence-corrected chi connectivity index (χ0v) is 41.0. The molecule has 0 aliphatic heterocycles. The summed E-state index contributed by atoms with van der Waals surface area (Å²) in [6, 6.07) is 7.73. The standard InChI is InChI=1S/C14H24N4O6S.C11H11NO2.C5H13N.C4H10.4C2H6.C2H2/c1-18(2)25(23)17-13(22)14(6-7-14)16-11(20)5-3-4-8-15-12(21)9-24-10-19;1-13-9-3-4-10-8(7-9)5-6-12-11(10)14-2;1-5(2,3)6-4;1-4(2)3;5*1-2/h10H,3-9H2,1-2H3,(H,15,21)(H,16,20)(H,17,22);3-7H,1-2H3;6H,1-4H3;4H,1-3H3;4*1-2H3;1-2H. The van der Waals surface area contributed by atoms with E-state index in [1.54, 1.807) is 34.5 Å². The SMILES string of the molecule is C#C.CC.CC.CC.CC.CC(C)C.CN(C)S(=O)NC(=O)C1(NC(=O)CCCCNC(=O)COC=O)CC1.CNC(C)(C)C.COc1ccc2c(OC)nccc2c1. The highest BCUT2D eigenvalue weighted by atomic mass is 32.2. The van der Waals surface area contributed by atoms with Crippen LogP contribution in [0.3, 0.4) is 0 Å². The topological polar surface area (TPSA) is 177 Å². The van der Waals surface area contributed by atoms with Gasteiger partial charge in [-0.05, 0) is 89.1 Å². The minimum atomic E-state index is -1.63. The fourth-order valence-corrected chi connectivity index (χ4v) is 3.89. The number of pyridine rings is 1. The number of benzene rings is 1. The van der Waals surface area contributed by atoms with E-state index in [1.165, 1.54) is 4.31 Å². The van der Waals surface area contributed by atoms with Crippen LogP contribution in [0, 0.1) is 18.8 Å². The number of carbonyl (C=O) groups excluding carboxylic acids is 4. The van der Waals surface area contributed by atoms with Crippen LogP contribution in [0.5, 0.6) is 11.6 Å². The quantitative estimate of drug-likeness (QED) is 0.0840. The van der Waals surface area contributed by atoms with Gasteiger partial charge in [-0.1, -0.05) is 76.2 Å². The third-order valence-electron chi connectivity index (χ3n) is 6.39. The average Bonchev–Trinajstić information content (AvgIpc) is 4.03. The predicted octanol–water partition coefficient (Wildman–Crippen LogP) is 7.62. The number of nitrogens with one attached hydrogen (secondary N) is 4. The third-order valence-corrected chi connectivity index (χ3v) is 7.41. The molecular weight excluding hydrogens is 773 g/mol. The number of amides is 3. The van der Waals surface area contributed by atoms with Crippen LogP contribution in [0.15, 0.2) is 30.5 Å². The van der Waals surface area contributed by atoms with Gasteiger partial charge in [0.2, 0.25) is 11.8 Å². The summed E-state index contributed by atoms with van der Waals surface area (Å²) >= 11 is -1.63. The smallest absolute Gasteiger partial charge is 0.293 e. The molecule has 15 heteroatoms. The van der Waals surface area contributed by atoms with Crippen molar-refractivity contribution in [3.63, 3.8) is 0 Å². The van der Waals surface area contributed by atoms with Gasteiger partial charge in [0.05, 0.1) is 14.2 Å². The maximum absolute atomic E-state index is 12.1. The summed E-state index contributed by atoms with van der Waals surface area (Å²) in [5, 5.41) is 10.4. The first kappa shape index (κ1) is 66.5. The monoisotopic (exact) mass is 857 g/mol. The van der Waals surface area contributed by atoms with Crippen molar-refractivity contribution in [1.29, 1.82) is 0 Å². The van der Waals surface area contributed by atoms with Crippen molar-refractivity contribution < 1.29 is 37.6 Å². The fourth-order valence-electron chi connectivity index (χ4n) is 3.35. The Morgan fingerprint density at radius 2 is 1.42 bits per heavy atom. The van der Waals surface area contributed by atoms with E-state index in [4.69, 9.17) is 9.47 Å². The summed E-state index contributed by atoms with van der Waals surface area (Å²) in [6.45, 7) is 29.1. The lowest BCUT2D eigenvalue weighted by Gasteiger charge is -2.18. The van der Waals surface area contributed by atoms with Crippen LogP contribution in [0.2, 0.25) is 0 Å². The zero-order valence-electron chi connectivity index (χ0n) is 40.2. The molecule has 14 nitrogen and oxygen atoms in total. The maximum atomic E-state index is 12.1. The van der Waals surface area contributed by atoms with Crippen LogP contribution in [-0.4, -0.2) is 97.3 Å². The van der Waals surface area contributed by atoms with Crippen LogP contribution >= 0.6 is 0 Å². The number of hydrogen-bond donors (Lipinski definition) is 4. The lowest BCUT2D eigenvalue weighted by molar-refractivity contribution is -0.137. The summed E-state index contributed by atoms with van der Waals surface area (Å²) in [4.78, 5) is 49.2. The van der Waals surface area contributed by atoms with Crippen molar-refractivity contribution in [3.05, 3.63) is 30.5 Å². The molecule has 1 heterocycles. The summed E-state index contributed by atoms with van der Waals surface area (Å²) in [5.74, 6) is 1.20. The number of hydrogen-bond acceptors (Lipinski definition) is 10. The van der Waals surface area contributed by atoms with E-state index in [0.717, 1.165) is 22.4 Å². The number of unbranched alkanes of at least 4 members (excludes halogenated alkanes) is 1. The molecule has 344 valence electrons. The van der Waals surface area contributed by atoms with Gasteiger partial charge >= 0.3 is 0 Å². The number of carbonyl (C=O) groups is 4. The molecule has 1 aliphatic rings. The molecule has 2 aromatic rings. The molecule has 3 amide bonds. The number of fused-ring (bicyclic) bond motifs is 1. The summed E-state index contributed by atoms with van der Waals surface area (Å²) < 4.78 is 29.9. The normalized spacial score (nSPS) is 11.4. The predicted molar refractivity (Wildman–Crippen MR) is 248 cm³/mol. The number of ether oxygens (including phenoxy) is 3. The molecule has 1 aromatic carbocycles. The van der Waals surface area contributed by atoms with Crippen molar-refractivity contribution in [3.8, 4) is 24.5 Å². The van der Waals surface area contributed by atoms with Crippen LogP contribution < -0.4 is 30.1 Å². The van der Waals surface area contributed by atoms with E-state index in [0.29, 0.717) is 43.6 Å². The summed E-state index contributed by atoms with van der Waals surface area (Å²) in [5.41, 5.74) is -0.664. The Hall–Kier alpha value is -4.26. The molecule has 1 saturated carbocycles. The molecule has 0 spiro atoms. The molecule has 0 radical (unpaired) electrons. The molecule has 1 aliphatic carbocycles. The van der Waals surface area contributed by atoms with Gasteiger partial charge in [0.1, 0.15) is 11.3 Å². The van der Waals surface area contributed by atoms with E-state index < -0.39 is 28.5 Å². The van der Waals surface area contributed by atoms with Gasteiger partial charge in [-0.3, -0.25) is 23.9 Å². The highest BCUT2D eigenvalue weighted by Crippen LogP contribution is 2.35. The highest BCUT2D eigenvalue weighted by molar-refractivity contribution is 7.81. The van der Waals surface area contributed by atoms with Crippen molar-refractivity contribution in [2.24, 2.45) is 5.92 Å². The second-order valence-electron chi connectivity index (χ2n) is 13.0. The first-order valence-corrected chi connectivity index (χ1v) is 21.6. The first-order chi connectivity index (χ1) is 27.9. The summed E-state index contributed by atoms with van der Waals surface area (Å²) in [7, 11) is 8.36. The number of aromatic nitrogens is 1. The maximum Gasteiger partial charge on any atom is 0.293 e. The fraction of sp³-hybridized carbons (Fsp3) is 0.659. The van der Waals surface area contributed by atoms with E-state index >= 15 is 0 Å². The van der Waals surface area contributed by atoms with Crippen LogP contribution in [0.1, 0.15) is 129 Å². The molecule has 0 bridgehead atoms. The number of terminal acetylenes is 1. The van der Waals surface area contributed by atoms with Gasteiger partial charge in [-0.15, -0.1) is 12.8 Å². The average molecular weight is 857 g/mol. The van der Waals surface area contributed by atoms with Gasteiger partial charge in [0.15, 0.2) is 17.8 Å². The van der Waals surface area contributed by atoms with Gasteiger partial charge in [0, 0.05) is 44.2 Å². The Bertz CT molecular complexity index is 1380. The van der Waals surface area contributed by atoms with E-state index in [2.05, 4.69) is 84.8 Å². The van der Waals surface area contributed by atoms with Gasteiger partial charge in [0.25, 0.3) is 18.3 Å². The Labute approximate surface area is 362 Å². The minimum Gasteiger partial charge on any atom is -0.497 e. The summed E-state index contributed by atoms with van der Waals surface area (Å²) in [6.07, 6.45) is 12.1. The van der Waals surface area contributed by atoms with Crippen molar-refractivity contribution in [2.45, 2.75) is 140 Å². The van der Waals surface area contributed by atoms with E-state index in [1.807, 2.05) is 86.7 Å². The number of rotatable bonds is 14. The molecule has 1 unspecified atom stereocenters. The Kier molecular flexibility index (Phi) is 48.9. The Morgan fingerprint density at radius 3 is 1.83 bits per heavy atom. The lowest BCUT2D eigenvalue weighted by atomic mass is 10.1. The van der Waals surface area contributed by atoms with Gasteiger partial charge in [-0.2, -0.15) is 0 Å². The van der Waals surface area contributed by atoms with Crippen molar-refractivity contribution in [2.75, 3.05) is 48.5 Å². The molecule has 0 saturated heterocycles. The van der Waals surface area contributed by atoms with Gasteiger partial charge < -0.3 is 30.2 Å². The van der Waals surface area contributed by atoms with Crippen molar-refractivity contribution in [1.82, 2.24) is 30.0 Å².